The summed E-state index contributed by atoms with van der Waals surface area (Å²) in [6.45, 7) is 0.116. The molecular formula is C12H17NO4S. The van der Waals surface area contributed by atoms with Gasteiger partial charge in [0, 0.05) is 18.6 Å². The molecule has 0 aliphatic heterocycles. The zero-order valence-corrected chi connectivity index (χ0v) is 11.0. The van der Waals surface area contributed by atoms with Crippen LogP contribution in [0, 0.1) is 0 Å². The summed E-state index contributed by atoms with van der Waals surface area (Å²) in [5.74, 6) is -1.06. The van der Waals surface area contributed by atoms with Crippen LogP contribution in [0.25, 0.3) is 0 Å². The fourth-order valence-electron chi connectivity index (χ4n) is 1.52. The number of nitrogens with one attached hydrogen (secondary N) is 1. The lowest BCUT2D eigenvalue weighted by molar-refractivity contribution is -0.113. The Morgan fingerprint density at radius 2 is 2.11 bits per heavy atom. The molecule has 18 heavy (non-hydrogen) atoms. The van der Waals surface area contributed by atoms with Gasteiger partial charge in [0.2, 0.25) is 5.91 Å². The minimum absolute atomic E-state index is 0.116. The summed E-state index contributed by atoms with van der Waals surface area (Å²) < 4.78 is 21.9. The molecule has 0 radical (unpaired) electrons. The monoisotopic (exact) mass is 271 g/mol. The van der Waals surface area contributed by atoms with Crippen molar-refractivity contribution in [3.63, 3.8) is 0 Å². The molecule has 1 rings (SSSR count). The van der Waals surface area contributed by atoms with Crippen molar-refractivity contribution in [3.05, 3.63) is 29.8 Å². The van der Waals surface area contributed by atoms with Crippen molar-refractivity contribution in [1.29, 1.82) is 0 Å². The Hall–Kier alpha value is -1.40. The SMILES string of the molecule is CS(=O)(=O)CC(=O)Nc1cccc(CCCO)c1. The summed E-state index contributed by atoms with van der Waals surface area (Å²) in [5, 5.41) is 11.3. The second kappa shape index (κ2) is 6.51. The lowest BCUT2D eigenvalue weighted by atomic mass is 10.1. The standard InChI is InChI=1S/C12H17NO4S/c1-18(16,17)9-12(15)13-11-6-2-4-10(8-11)5-3-7-14/h2,4,6,8,14H,3,5,7,9H2,1H3,(H,13,15). The Balaban J connectivity index is 2.64. The maximum Gasteiger partial charge on any atom is 0.239 e. The predicted molar refractivity (Wildman–Crippen MR) is 70.2 cm³/mol. The number of hydrogen-bond acceptors (Lipinski definition) is 4. The van der Waals surface area contributed by atoms with Gasteiger partial charge in [-0.2, -0.15) is 0 Å². The Morgan fingerprint density at radius 1 is 1.39 bits per heavy atom. The molecule has 0 unspecified atom stereocenters. The van der Waals surface area contributed by atoms with E-state index in [2.05, 4.69) is 5.32 Å². The fraction of sp³-hybridized carbons (Fsp3) is 0.417. The second-order valence-corrected chi connectivity index (χ2v) is 6.29. The van der Waals surface area contributed by atoms with E-state index in [0.717, 1.165) is 11.8 Å². The van der Waals surface area contributed by atoms with Crippen molar-refractivity contribution >= 4 is 21.4 Å². The Kier molecular flexibility index (Phi) is 5.30. The first-order valence-electron chi connectivity index (χ1n) is 5.58. The van der Waals surface area contributed by atoms with E-state index in [4.69, 9.17) is 5.11 Å². The van der Waals surface area contributed by atoms with Crippen LogP contribution in [0.15, 0.2) is 24.3 Å². The van der Waals surface area contributed by atoms with Crippen molar-refractivity contribution < 1.29 is 18.3 Å². The van der Waals surface area contributed by atoms with Crippen molar-refractivity contribution in [2.75, 3.05) is 23.9 Å². The number of carbonyl (C=O) groups excluding carboxylic acids is 1. The number of rotatable bonds is 6. The van der Waals surface area contributed by atoms with Gasteiger partial charge in [0.25, 0.3) is 0 Å². The zero-order chi connectivity index (χ0) is 13.6. The first kappa shape index (κ1) is 14.7. The summed E-state index contributed by atoms with van der Waals surface area (Å²) in [6, 6.07) is 7.14. The molecule has 0 saturated heterocycles. The highest BCUT2D eigenvalue weighted by Crippen LogP contribution is 2.12. The summed E-state index contributed by atoms with van der Waals surface area (Å²) >= 11 is 0. The van der Waals surface area contributed by atoms with Gasteiger partial charge >= 0.3 is 0 Å². The maximum atomic E-state index is 11.4. The van der Waals surface area contributed by atoms with Crippen LogP contribution >= 0.6 is 0 Å². The minimum Gasteiger partial charge on any atom is -0.396 e. The molecule has 0 saturated carbocycles. The van der Waals surface area contributed by atoms with E-state index in [1.807, 2.05) is 6.07 Å². The maximum absolute atomic E-state index is 11.4. The number of benzene rings is 1. The van der Waals surface area contributed by atoms with Gasteiger partial charge in [-0.1, -0.05) is 12.1 Å². The minimum atomic E-state index is -3.31. The normalized spacial score (nSPS) is 11.2. The molecule has 100 valence electrons. The molecule has 0 fully saturated rings. The molecule has 0 bridgehead atoms. The largest absolute Gasteiger partial charge is 0.396 e. The van der Waals surface area contributed by atoms with Crippen LogP contribution in [0.2, 0.25) is 0 Å². The van der Waals surface area contributed by atoms with E-state index in [1.165, 1.54) is 0 Å². The average Bonchev–Trinajstić information content (AvgIpc) is 2.24. The first-order valence-corrected chi connectivity index (χ1v) is 7.64. The molecule has 0 heterocycles. The van der Waals surface area contributed by atoms with Gasteiger partial charge in [-0.05, 0) is 30.5 Å². The molecule has 5 nitrogen and oxygen atoms in total. The predicted octanol–water partition coefficient (Wildman–Crippen LogP) is 0.595. The number of carbonyl (C=O) groups is 1. The number of aliphatic hydroxyl groups excluding tert-OH is 1. The molecule has 0 atom stereocenters. The quantitative estimate of drug-likeness (QED) is 0.793. The van der Waals surface area contributed by atoms with Crippen LogP contribution in [0.1, 0.15) is 12.0 Å². The Bertz CT molecular complexity index is 511. The summed E-state index contributed by atoms with van der Waals surface area (Å²) in [5.41, 5.74) is 1.56. The van der Waals surface area contributed by atoms with Crippen molar-refractivity contribution in [2.24, 2.45) is 0 Å². The van der Waals surface area contributed by atoms with Gasteiger partial charge in [-0.3, -0.25) is 4.79 Å². The Labute approximate surface area is 107 Å². The molecule has 0 aliphatic carbocycles. The summed E-state index contributed by atoms with van der Waals surface area (Å²) in [7, 11) is -3.31. The average molecular weight is 271 g/mol. The highest BCUT2D eigenvalue weighted by molar-refractivity contribution is 7.91. The van der Waals surface area contributed by atoms with Gasteiger partial charge < -0.3 is 10.4 Å². The molecule has 6 heteroatoms. The topological polar surface area (TPSA) is 83.5 Å². The van der Waals surface area contributed by atoms with Crippen LogP contribution in [-0.4, -0.2) is 38.0 Å². The van der Waals surface area contributed by atoms with Gasteiger partial charge in [0.05, 0.1) is 0 Å². The van der Waals surface area contributed by atoms with E-state index in [-0.39, 0.29) is 6.61 Å². The van der Waals surface area contributed by atoms with Crippen molar-refractivity contribution in [1.82, 2.24) is 0 Å². The molecule has 0 aliphatic rings. The van der Waals surface area contributed by atoms with E-state index < -0.39 is 21.5 Å². The van der Waals surface area contributed by atoms with Crippen LogP contribution in [0.4, 0.5) is 5.69 Å². The highest BCUT2D eigenvalue weighted by Gasteiger charge is 2.10. The lowest BCUT2D eigenvalue weighted by Crippen LogP contribution is -2.21. The van der Waals surface area contributed by atoms with Crippen LogP contribution in [0.5, 0.6) is 0 Å². The van der Waals surface area contributed by atoms with Crippen molar-refractivity contribution in [2.45, 2.75) is 12.8 Å². The van der Waals surface area contributed by atoms with E-state index in [1.54, 1.807) is 18.2 Å². The molecule has 1 aromatic carbocycles. The van der Waals surface area contributed by atoms with Crippen LogP contribution < -0.4 is 5.32 Å². The van der Waals surface area contributed by atoms with Crippen molar-refractivity contribution in [3.8, 4) is 0 Å². The third kappa shape index (κ3) is 5.79. The molecule has 2 N–H and O–H groups in total. The third-order valence-electron chi connectivity index (χ3n) is 2.23. The van der Waals surface area contributed by atoms with Gasteiger partial charge in [-0.25, -0.2) is 8.42 Å². The smallest absolute Gasteiger partial charge is 0.239 e. The summed E-state index contributed by atoms with van der Waals surface area (Å²) in [6.07, 6.45) is 2.39. The number of anilines is 1. The van der Waals surface area contributed by atoms with E-state index in [0.29, 0.717) is 18.5 Å². The van der Waals surface area contributed by atoms with Crippen LogP contribution in [0.3, 0.4) is 0 Å². The summed E-state index contributed by atoms with van der Waals surface area (Å²) in [4.78, 5) is 11.4. The fourth-order valence-corrected chi connectivity index (χ4v) is 2.07. The Morgan fingerprint density at radius 3 is 2.72 bits per heavy atom. The number of aryl methyl sites for hydroxylation is 1. The van der Waals surface area contributed by atoms with E-state index in [9.17, 15) is 13.2 Å². The first-order chi connectivity index (χ1) is 8.40. The number of sulfone groups is 1. The van der Waals surface area contributed by atoms with Gasteiger partial charge in [0.15, 0.2) is 9.84 Å². The van der Waals surface area contributed by atoms with Gasteiger partial charge in [0.1, 0.15) is 5.75 Å². The van der Waals surface area contributed by atoms with Crippen LogP contribution in [-0.2, 0) is 21.1 Å². The molecule has 0 spiro atoms. The molecule has 0 aromatic heterocycles. The molecular weight excluding hydrogens is 254 g/mol. The number of hydrogen-bond donors (Lipinski definition) is 2. The highest BCUT2D eigenvalue weighted by atomic mass is 32.2. The number of amides is 1. The van der Waals surface area contributed by atoms with E-state index >= 15 is 0 Å². The number of aliphatic hydroxyl groups is 1. The molecule has 1 amide bonds. The second-order valence-electron chi connectivity index (χ2n) is 4.15. The lowest BCUT2D eigenvalue weighted by Gasteiger charge is -2.06. The van der Waals surface area contributed by atoms with Gasteiger partial charge in [-0.15, -0.1) is 0 Å². The zero-order valence-electron chi connectivity index (χ0n) is 10.2. The molecule has 1 aromatic rings. The third-order valence-corrected chi connectivity index (χ3v) is 3.01.